The first-order chi connectivity index (χ1) is 16.4. The number of carbonyl (C=O) groups is 1. The maximum absolute atomic E-state index is 12.7. The molecule has 34 heavy (non-hydrogen) atoms. The second-order valence-corrected chi connectivity index (χ2v) is 9.51. The number of pyridine rings is 1. The summed E-state index contributed by atoms with van der Waals surface area (Å²) in [4.78, 5) is 25.3. The molecule has 1 aliphatic heterocycles. The van der Waals surface area contributed by atoms with Gasteiger partial charge in [-0.15, -0.1) is 0 Å². The lowest BCUT2D eigenvalue weighted by molar-refractivity contribution is 0.0942. The summed E-state index contributed by atoms with van der Waals surface area (Å²) in [5.41, 5.74) is 6.73. The lowest BCUT2D eigenvalue weighted by atomic mass is 9.95. The summed E-state index contributed by atoms with van der Waals surface area (Å²) in [6, 6.07) is 10.3. The molecule has 1 saturated heterocycles. The highest BCUT2D eigenvalue weighted by Gasteiger charge is 2.22. The first kappa shape index (κ1) is 22.3. The fourth-order valence-electron chi connectivity index (χ4n) is 4.81. The molecule has 4 aromatic rings. The Kier molecular flexibility index (Phi) is 5.96. The van der Waals surface area contributed by atoms with Crippen molar-refractivity contribution in [3.8, 4) is 22.7 Å². The summed E-state index contributed by atoms with van der Waals surface area (Å²) in [5.74, 6) is 1.59. The monoisotopic (exact) mass is 457 g/mol. The maximum Gasteiger partial charge on any atom is 0.273 e. The van der Waals surface area contributed by atoms with Gasteiger partial charge in [-0.1, -0.05) is 13.8 Å². The van der Waals surface area contributed by atoms with E-state index < -0.39 is 0 Å². The van der Waals surface area contributed by atoms with E-state index in [1.165, 1.54) is 5.56 Å². The number of nitrogens with one attached hydrogen (secondary N) is 3. The predicted molar refractivity (Wildman–Crippen MR) is 134 cm³/mol. The summed E-state index contributed by atoms with van der Waals surface area (Å²) in [6.07, 6.45) is 2.93. The number of fused-ring (bicyclic) bond motifs is 1. The van der Waals surface area contributed by atoms with Gasteiger partial charge in [0, 0.05) is 40.5 Å². The van der Waals surface area contributed by atoms with Crippen LogP contribution >= 0.6 is 0 Å². The highest BCUT2D eigenvalue weighted by molar-refractivity contribution is 5.95. The molecule has 1 aromatic carbocycles. The molecule has 4 heterocycles. The molecule has 3 N–H and O–H groups in total. The zero-order valence-electron chi connectivity index (χ0n) is 20.2. The first-order valence-electron chi connectivity index (χ1n) is 12.0. The molecule has 1 atom stereocenters. The summed E-state index contributed by atoms with van der Waals surface area (Å²) in [7, 11) is 0. The van der Waals surface area contributed by atoms with E-state index in [9.17, 15) is 4.79 Å². The second kappa shape index (κ2) is 9.06. The van der Waals surface area contributed by atoms with E-state index in [1.807, 2.05) is 25.3 Å². The minimum Gasteiger partial charge on any atom is -0.441 e. The topological polar surface area (TPSA) is 95.8 Å². The Morgan fingerprint density at radius 1 is 1.21 bits per heavy atom. The third kappa shape index (κ3) is 4.23. The van der Waals surface area contributed by atoms with E-state index in [2.05, 4.69) is 57.6 Å². The van der Waals surface area contributed by atoms with Crippen molar-refractivity contribution in [3.63, 3.8) is 0 Å². The summed E-state index contributed by atoms with van der Waals surface area (Å²) < 4.78 is 5.95. The number of amides is 1. The predicted octanol–water partition coefficient (Wildman–Crippen LogP) is 4.96. The zero-order chi connectivity index (χ0) is 23.8. The van der Waals surface area contributed by atoms with Gasteiger partial charge in [0.25, 0.3) is 5.91 Å². The Morgan fingerprint density at radius 3 is 2.79 bits per heavy atom. The van der Waals surface area contributed by atoms with E-state index in [0.717, 1.165) is 52.9 Å². The fraction of sp³-hybridized carbons (Fsp3) is 0.370. The molecule has 1 aliphatic rings. The van der Waals surface area contributed by atoms with Crippen molar-refractivity contribution in [3.05, 3.63) is 59.2 Å². The number of aromatic nitrogens is 3. The molecule has 3 aromatic heterocycles. The highest BCUT2D eigenvalue weighted by Crippen LogP contribution is 2.37. The SMILES string of the molecule is Cc1cc(-c2[nH]c3ccc(-c4nc(C(=O)NCC5CCNC5)c(C)o4)cc3c2C(C)C)ccn1. The van der Waals surface area contributed by atoms with Crippen LogP contribution in [0.25, 0.3) is 33.6 Å². The first-order valence-corrected chi connectivity index (χ1v) is 12.0. The van der Waals surface area contributed by atoms with E-state index in [4.69, 9.17) is 4.42 Å². The van der Waals surface area contributed by atoms with Gasteiger partial charge in [0.05, 0.1) is 5.69 Å². The Morgan fingerprint density at radius 2 is 2.06 bits per heavy atom. The van der Waals surface area contributed by atoms with Crippen molar-refractivity contribution in [2.75, 3.05) is 19.6 Å². The van der Waals surface area contributed by atoms with Gasteiger partial charge in [-0.05, 0) is 81.1 Å². The van der Waals surface area contributed by atoms with E-state index >= 15 is 0 Å². The molecular weight excluding hydrogens is 426 g/mol. The number of carbonyl (C=O) groups excluding carboxylic acids is 1. The molecule has 1 unspecified atom stereocenters. The van der Waals surface area contributed by atoms with Crippen molar-refractivity contribution in [2.24, 2.45) is 5.92 Å². The molecule has 1 amide bonds. The van der Waals surface area contributed by atoms with Crippen LogP contribution in [0, 0.1) is 19.8 Å². The highest BCUT2D eigenvalue weighted by atomic mass is 16.4. The number of H-pyrrole nitrogens is 1. The molecule has 0 saturated carbocycles. The van der Waals surface area contributed by atoms with Gasteiger partial charge in [0.15, 0.2) is 5.69 Å². The van der Waals surface area contributed by atoms with Crippen LogP contribution in [0.1, 0.15) is 53.7 Å². The van der Waals surface area contributed by atoms with Gasteiger partial charge >= 0.3 is 0 Å². The standard InChI is InChI=1S/C27H31N5O2/c1-15(2)23-21-12-20(5-6-22(21)31-25(23)19-8-10-29-16(3)11-19)27-32-24(17(4)34-27)26(33)30-14-18-7-9-28-13-18/h5-6,8,10-12,15,18,28,31H,7,9,13-14H2,1-4H3,(H,30,33). The number of benzene rings is 1. The normalized spacial score (nSPS) is 16.0. The molecule has 176 valence electrons. The number of aromatic amines is 1. The van der Waals surface area contributed by atoms with Crippen LogP contribution in [0.15, 0.2) is 40.9 Å². The minimum absolute atomic E-state index is 0.180. The van der Waals surface area contributed by atoms with Crippen molar-refractivity contribution in [2.45, 2.75) is 40.0 Å². The van der Waals surface area contributed by atoms with E-state index in [-0.39, 0.29) is 5.91 Å². The van der Waals surface area contributed by atoms with Gasteiger partial charge in [0.1, 0.15) is 5.76 Å². The molecule has 0 aliphatic carbocycles. The van der Waals surface area contributed by atoms with Crippen LogP contribution in [0.5, 0.6) is 0 Å². The third-order valence-corrected chi connectivity index (χ3v) is 6.57. The second-order valence-electron chi connectivity index (χ2n) is 9.51. The molecule has 5 rings (SSSR count). The van der Waals surface area contributed by atoms with Crippen LogP contribution < -0.4 is 10.6 Å². The van der Waals surface area contributed by atoms with Gasteiger partial charge < -0.3 is 20.0 Å². The van der Waals surface area contributed by atoms with Crippen LogP contribution in [-0.4, -0.2) is 40.5 Å². The zero-order valence-corrected chi connectivity index (χ0v) is 20.2. The Bertz CT molecular complexity index is 1340. The van der Waals surface area contributed by atoms with Crippen molar-refractivity contribution in [1.82, 2.24) is 25.6 Å². The number of rotatable bonds is 6. The van der Waals surface area contributed by atoms with E-state index in [0.29, 0.717) is 35.7 Å². The summed E-state index contributed by atoms with van der Waals surface area (Å²) in [5, 5.41) is 7.47. The van der Waals surface area contributed by atoms with Gasteiger partial charge in [0.2, 0.25) is 5.89 Å². The minimum atomic E-state index is -0.180. The summed E-state index contributed by atoms with van der Waals surface area (Å²) >= 11 is 0. The van der Waals surface area contributed by atoms with E-state index in [1.54, 1.807) is 6.92 Å². The van der Waals surface area contributed by atoms with Crippen LogP contribution in [0.2, 0.25) is 0 Å². The number of hydrogen-bond acceptors (Lipinski definition) is 5. The molecular formula is C27H31N5O2. The maximum atomic E-state index is 12.7. The third-order valence-electron chi connectivity index (χ3n) is 6.57. The lowest BCUT2D eigenvalue weighted by Crippen LogP contribution is -2.30. The van der Waals surface area contributed by atoms with Crippen LogP contribution in [0.4, 0.5) is 0 Å². The number of aryl methyl sites for hydroxylation is 2. The van der Waals surface area contributed by atoms with Crippen molar-refractivity contribution in [1.29, 1.82) is 0 Å². The average Bonchev–Trinajstić information content (AvgIpc) is 3.55. The molecule has 0 radical (unpaired) electrons. The number of hydrogen-bond donors (Lipinski definition) is 3. The van der Waals surface area contributed by atoms with Gasteiger partial charge in [-0.3, -0.25) is 9.78 Å². The number of nitrogens with zero attached hydrogens (tertiary/aromatic N) is 2. The molecule has 0 spiro atoms. The Balaban J connectivity index is 1.48. The molecule has 7 nitrogen and oxygen atoms in total. The van der Waals surface area contributed by atoms with Gasteiger partial charge in [-0.2, -0.15) is 0 Å². The smallest absolute Gasteiger partial charge is 0.273 e. The average molecular weight is 458 g/mol. The fourth-order valence-corrected chi connectivity index (χ4v) is 4.81. The molecule has 0 bridgehead atoms. The number of oxazole rings is 1. The Labute approximate surface area is 199 Å². The van der Waals surface area contributed by atoms with Crippen molar-refractivity contribution >= 4 is 16.8 Å². The van der Waals surface area contributed by atoms with Crippen LogP contribution in [0.3, 0.4) is 0 Å². The van der Waals surface area contributed by atoms with Crippen LogP contribution in [-0.2, 0) is 0 Å². The molecule has 7 heteroatoms. The molecule has 1 fully saturated rings. The summed E-state index contributed by atoms with van der Waals surface area (Å²) in [6.45, 7) is 10.8. The Hall–Kier alpha value is -3.45. The van der Waals surface area contributed by atoms with Crippen molar-refractivity contribution < 1.29 is 9.21 Å². The van der Waals surface area contributed by atoms with Gasteiger partial charge in [-0.25, -0.2) is 4.98 Å². The largest absolute Gasteiger partial charge is 0.441 e. The lowest BCUT2D eigenvalue weighted by Gasteiger charge is -2.09. The quantitative estimate of drug-likeness (QED) is 0.380.